The first-order valence-corrected chi connectivity index (χ1v) is 8.40. The Morgan fingerprint density at radius 3 is 2.96 bits per heavy atom. The number of carbonyl (C=O) groups is 2. The van der Waals surface area contributed by atoms with Gasteiger partial charge < -0.3 is 20.7 Å². The third kappa shape index (κ3) is 6.97. The van der Waals surface area contributed by atoms with Crippen LogP contribution < -0.4 is 11.1 Å². The number of nitrogens with zero attached hydrogens (tertiary/aromatic N) is 2. The Labute approximate surface area is 138 Å². The average molecular weight is 324 g/mol. The van der Waals surface area contributed by atoms with Gasteiger partial charge in [-0.05, 0) is 38.5 Å². The van der Waals surface area contributed by atoms with E-state index in [9.17, 15) is 9.59 Å². The molecule has 0 aromatic rings. The molecule has 0 radical (unpaired) electrons. The third-order valence-electron chi connectivity index (χ3n) is 3.85. The van der Waals surface area contributed by atoms with Gasteiger partial charge in [-0.3, -0.25) is 9.59 Å². The molecular formula is C16H28N4O3. The average Bonchev–Trinajstić information content (AvgIpc) is 3.02. The molecule has 130 valence electrons. The highest BCUT2D eigenvalue weighted by atomic mass is 16.5. The van der Waals surface area contributed by atoms with Crippen molar-refractivity contribution >= 4 is 11.8 Å². The van der Waals surface area contributed by atoms with Gasteiger partial charge in [0.2, 0.25) is 11.8 Å². The molecule has 7 heteroatoms. The van der Waals surface area contributed by atoms with E-state index in [1.165, 1.54) is 0 Å². The Bertz CT molecular complexity index is 422. The Kier molecular flexibility index (Phi) is 9.25. The molecule has 23 heavy (non-hydrogen) atoms. The molecule has 0 saturated carbocycles. The number of rotatable bonds is 10. The van der Waals surface area contributed by atoms with E-state index in [-0.39, 0.29) is 24.5 Å². The van der Waals surface area contributed by atoms with Gasteiger partial charge in [0.25, 0.3) is 0 Å². The first-order chi connectivity index (χ1) is 11.1. The molecule has 2 atom stereocenters. The first kappa shape index (κ1) is 19.4. The monoisotopic (exact) mass is 324 g/mol. The van der Waals surface area contributed by atoms with Crippen molar-refractivity contribution in [2.24, 2.45) is 5.73 Å². The predicted octanol–water partition coefficient (Wildman–Crippen LogP) is 0.541. The third-order valence-corrected chi connectivity index (χ3v) is 3.85. The molecule has 1 rings (SSSR count). The number of nitrogens with one attached hydrogen (secondary N) is 1. The van der Waals surface area contributed by atoms with Crippen molar-refractivity contribution in [2.45, 2.75) is 57.5 Å². The van der Waals surface area contributed by atoms with Crippen LogP contribution in [0.1, 0.15) is 45.4 Å². The van der Waals surface area contributed by atoms with Gasteiger partial charge in [0.15, 0.2) is 0 Å². The SMILES string of the molecule is CCCOCC(=O)NCCCC[C@H](N)C(=O)N1CCC[C@H]1C#N. The number of nitrogens with two attached hydrogens (primary N) is 1. The van der Waals surface area contributed by atoms with Gasteiger partial charge in [-0.15, -0.1) is 0 Å². The lowest BCUT2D eigenvalue weighted by atomic mass is 10.1. The van der Waals surface area contributed by atoms with Gasteiger partial charge in [-0.2, -0.15) is 5.26 Å². The smallest absolute Gasteiger partial charge is 0.245 e. The summed E-state index contributed by atoms with van der Waals surface area (Å²) < 4.78 is 5.14. The van der Waals surface area contributed by atoms with Crippen LogP contribution >= 0.6 is 0 Å². The summed E-state index contributed by atoms with van der Waals surface area (Å²) in [5, 5.41) is 11.8. The number of hydrogen-bond donors (Lipinski definition) is 2. The van der Waals surface area contributed by atoms with Crippen LogP contribution in [-0.4, -0.2) is 55.1 Å². The topological polar surface area (TPSA) is 108 Å². The van der Waals surface area contributed by atoms with E-state index in [2.05, 4.69) is 11.4 Å². The Hall–Kier alpha value is -1.65. The van der Waals surface area contributed by atoms with Crippen LogP contribution in [0, 0.1) is 11.3 Å². The van der Waals surface area contributed by atoms with Crippen LogP contribution in [0.25, 0.3) is 0 Å². The number of hydrogen-bond acceptors (Lipinski definition) is 5. The van der Waals surface area contributed by atoms with Crippen LogP contribution in [0.4, 0.5) is 0 Å². The van der Waals surface area contributed by atoms with Crippen molar-refractivity contribution in [1.82, 2.24) is 10.2 Å². The zero-order chi connectivity index (χ0) is 17.1. The summed E-state index contributed by atoms with van der Waals surface area (Å²) in [5.74, 6) is -0.251. The van der Waals surface area contributed by atoms with Crippen LogP contribution in [0.15, 0.2) is 0 Å². The molecule has 0 unspecified atom stereocenters. The Balaban J connectivity index is 2.12. The van der Waals surface area contributed by atoms with Gasteiger partial charge in [-0.25, -0.2) is 0 Å². The second-order valence-electron chi connectivity index (χ2n) is 5.82. The highest BCUT2D eigenvalue weighted by Gasteiger charge is 2.31. The zero-order valence-electron chi connectivity index (χ0n) is 13.9. The summed E-state index contributed by atoms with van der Waals surface area (Å²) in [4.78, 5) is 25.2. The quantitative estimate of drug-likeness (QED) is 0.570. The second kappa shape index (κ2) is 11.0. The highest BCUT2D eigenvalue weighted by molar-refractivity contribution is 5.82. The highest BCUT2D eigenvalue weighted by Crippen LogP contribution is 2.18. The van der Waals surface area contributed by atoms with Gasteiger partial charge >= 0.3 is 0 Å². The zero-order valence-corrected chi connectivity index (χ0v) is 13.9. The van der Waals surface area contributed by atoms with Gasteiger partial charge in [0.05, 0.1) is 12.1 Å². The number of carbonyl (C=O) groups excluding carboxylic acids is 2. The van der Waals surface area contributed by atoms with Crippen molar-refractivity contribution < 1.29 is 14.3 Å². The minimum Gasteiger partial charge on any atom is -0.372 e. The summed E-state index contributed by atoms with van der Waals surface area (Å²) in [6, 6.07) is 1.26. The lowest BCUT2D eigenvalue weighted by Gasteiger charge is -2.23. The van der Waals surface area contributed by atoms with Crippen LogP contribution in [0.5, 0.6) is 0 Å². The summed E-state index contributed by atoms with van der Waals surface area (Å²) in [5.41, 5.74) is 5.93. The maximum Gasteiger partial charge on any atom is 0.245 e. The van der Waals surface area contributed by atoms with E-state index < -0.39 is 6.04 Å². The van der Waals surface area contributed by atoms with Crippen LogP contribution in [0.2, 0.25) is 0 Å². The molecule has 7 nitrogen and oxygen atoms in total. The molecule has 0 bridgehead atoms. The van der Waals surface area contributed by atoms with Gasteiger partial charge in [0, 0.05) is 19.7 Å². The molecule has 0 spiro atoms. The fraction of sp³-hybridized carbons (Fsp3) is 0.812. The van der Waals surface area contributed by atoms with Crippen LogP contribution in [0.3, 0.4) is 0 Å². The number of nitriles is 1. The molecule has 0 aromatic carbocycles. The van der Waals surface area contributed by atoms with Crippen LogP contribution in [-0.2, 0) is 14.3 Å². The number of ether oxygens (including phenoxy) is 1. The molecule has 3 N–H and O–H groups in total. The minimum absolute atomic E-state index is 0.0936. The van der Waals surface area contributed by atoms with Gasteiger partial charge in [-0.1, -0.05) is 6.92 Å². The van der Waals surface area contributed by atoms with E-state index in [0.29, 0.717) is 26.1 Å². The fourth-order valence-corrected chi connectivity index (χ4v) is 2.58. The Morgan fingerprint density at radius 2 is 2.26 bits per heavy atom. The molecule has 1 heterocycles. The summed E-state index contributed by atoms with van der Waals surface area (Å²) in [7, 11) is 0. The van der Waals surface area contributed by atoms with Crippen molar-refractivity contribution in [2.75, 3.05) is 26.3 Å². The number of amides is 2. The molecule has 0 aromatic heterocycles. The number of unbranched alkanes of at least 4 members (excludes halogenated alkanes) is 1. The van der Waals surface area contributed by atoms with E-state index in [1.54, 1.807) is 4.90 Å². The van der Waals surface area contributed by atoms with Crippen molar-refractivity contribution in [1.29, 1.82) is 5.26 Å². The van der Waals surface area contributed by atoms with E-state index in [0.717, 1.165) is 32.1 Å². The maximum atomic E-state index is 12.2. The molecule has 2 amide bonds. The summed E-state index contributed by atoms with van der Waals surface area (Å²) in [6.45, 7) is 3.85. The minimum atomic E-state index is -0.562. The largest absolute Gasteiger partial charge is 0.372 e. The normalized spacial score (nSPS) is 18.5. The number of likely N-dealkylation sites (tertiary alicyclic amines) is 1. The standard InChI is InChI=1S/C16H28N4O3/c1-2-10-23-12-15(21)19-8-4-3-7-14(18)16(22)20-9-5-6-13(20)11-17/h13-14H,2-10,12,18H2,1H3,(H,19,21)/t13-,14-/m0/s1. The van der Waals surface area contributed by atoms with Crippen molar-refractivity contribution in [3.63, 3.8) is 0 Å². The van der Waals surface area contributed by atoms with E-state index in [1.807, 2.05) is 6.92 Å². The summed E-state index contributed by atoms with van der Waals surface area (Å²) in [6.07, 6.45) is 4.58. The molecule has 1 saturated heterocycles. The molecule has 0 aliphatic carbocycles. The first-order valence-electron chi connectivity index (χ1n) is 8.40. The molecular weight excluding hydrogens is 296 g/mol. The van der Waals surface area contributed by atoms with Crippen molar-refractivity contribution in [3.8, 4) is 6.07 Å². The van der Waals surface area contributed by atoms with Crippen molar-refractivity contribution in [3.05, 3.63) is 0 Å². The molecule has 1 fully saturated rings. The lowest BCUT2D eigenvalue weighted by Crippen LogP contribution is -2.45. The Morgan fingerprint density at radius 1 is 1.48 bits per heavy atom. The molecule has 1 aliphatic rings. The fourth-order valence-electron chi connectivity index (χ4n) is 2.58. The van der Waals surface area contributed by atoms with E-state index in [4.69, 9.17) is 15.7 Å². The lowest BCUT2D eigenvalue weighted by molar-refractivity contribution is -0.132. The maximum absolute atomic E-state index is 12.2. The summed E-state index contributed by atoms with van der Waals surface area (Å²) >= 11 is 0. The predicted molar refractivity (Wildman–Crippen MR) is 86.3 cm³/mol. The van der Waals surface area contributed by atoms with Gasteiger partial charge in [0.1, 0.15) is 12.6 Å². The second-order valence-corrected chi connectivity index (χ2v) is 5.82. The van der Waals surface area contributed by atoms with E-state index >= 15 is 0 Å². The molecule has 1 aliphatic heterocycles.